The second-order valence-electron chi connectivity index (χ2n) is 2.37. The summed E-state index contributed by atoms with van der Waals surface area (Å²) >= 11 is 0. The van der Waals surface area contributed by atoms with Crippen molar-refractivity contribution in [1.29, 1.82) is 5.41 Å². The van der Waals surface area contributed by atoms with Crippen LogP contribution < -0.4 is 10.2 Å². The Morgan fingerprint density at radius 3 is 2.85 bits per heavy atom. The Balaban J connectivity index is 3.08. The van der Waals surface area contributed by atoms with E-state index < -0.39 is 0 Å². The molecular weight excluding hydrogens is 172 g/mol. The molecule has 0 bridgehead atoms. The van der Waals surface area contributed by atoms with Crippen molar-refractivity contribution in [3.05, 3.63) is 17.5 Å². The Hall–Kier alpha value is -1.69. The number of methoxy groups -OCH3 is 1. The average Bonchev–Trinajstić information content (AvgIpc) is 2.15. The summed E-state index contributed by atoms with van der Waals surface area (Å²) in [6.07, 6.45) is 0. The second kappa shape index (κ2) is 3.81. The SMILES string of the molecule is COc1nc(C)cc(C(=N)NO)n1. The van der Waals surface area contributed by atoms with Gasteiger partial charge in [0.15, 0.2) is 5.84 Å². The minimum absolute atomic E-state index is 0.176. The average molecular weight is 182 g/mol. The van der Waals surface area contributed by atoms with E-state index in [0.29, 0.717) is 5.69 Å². The highest BCUT2D eigenvalue weighted by Gasteiger charge is 2.05. The quantitative estimate of drug-likeness (QED) is 0.342. The van der Waals surface area contributed by atoms with E-state index in [9.17, 15) is 0 Å². The summed E-state index contributed by atoms with van der Waals surface area (Å²) < 4.78 is 4.80. The molecule has 0 atom stereocenters. The molecule has 0 aliphatic heterocycles. The van der Waals surface area contributed by atoms with Crippen molar-refractivity contribution in [3.63, 3.8) is 0 Å². The van der Waals surface area contributed by atoms with E-state index in [1.807, 2.05) is 0 Å². The maximum atomic E-state index is 8.47. The Kier molecular flexibility index (Phi) is 2.76. The number of hydrogen-bond donors (Lipinski definition) is 3. The first-order chi connectivity index (χ1) is 6.17. The molecule has 1 aromatic rings. The predicted molar refractivity (Wildman–Crippen MR) is 45.1 cm³/mol. The zero-order valence-corrected chi connectivity index (χ0v) is 7.33. The zero-order valence-electron chi connectivity index (χ0n) is 7.33. The molecule has 0 saturated heterocycles. The van der Waals surface area contributed by atoms with Crippen LogP contribution in [-0.2, 0) is 0 Å². The first-order valence-electron chi connectivity index (χ1n) is 3.56. The molecule has 0 aromatic carbocycles. The first-order valence-corrected chi connectivity index (χ1v) is 3.56. The molecule has 0 radical (unpaired) electrons. The van der Waals surface area contributed by atoms with Crippen molar-refractivity contribution in [3.8, 4) is 6.01 Å². The molecule has 6 heteroatoms. The van der Waals surface area contributed by atoms with E-state index in [0.717, 1.165) is 0 Å². The zero-order chi connectivity index (χ0) is 9.84. The highest BCUT2D eigenvalue weighted by Crippen LogP contribution is 2.05. The van der Waals surface area contributed by atoms with Gasteiger partial charge in [0.2, 0.25) is 0 Å². The van der Waals surface area contributed by atoms with Crippen molar-refractivity contribution in [2.45, 2.75) is 6.92 Å². The molecule has 1 rings (SSSR count). The molecule has 0 aliphatic rings. The number of amidine groups is 1. The Labute approximate surface area is 75.1 Å². The van der Waals surface area contributed by atoms with Gasteiger partial charge in [-0.3, -0.25) is 16.1 Å². The molecule has 0 fully saturated rings. The van der Waals surface area contributed by atoms with E-state index in [-0.39, 0.29) is 17.5 Å². The summed E-state index contributed by atoms with van der Waals surface area (Å²) in [5.74, 6) is -0.191. The number of rotatable bonds is 2. The lowest BCUT2D eigenvalue weighted by atomic mass is 10.3. The minimum Gasteiger partial charge on any atom is -0.467 e. The summed E-state index contributed by atoms with van der Waals surface area (Å²) in [5, 5.41) is 15.7. The fourth-order valence-electron chi connectivity index (χ4n) is 0.818. The van der Waals surface area contributed by atoms with Gasteiger partial charge in [0.1, 0.15) is 5.69 Å². The number of ether oxygens (including phenoxy) is 1. The lowest BCUT2D eigenvalue weighted by Gasteiger charge is -2.04. The van der Waals surface area contributed by atoms with Gasteiger partial charge < -0.3 is 4.74 Å². The van der Waals surface area contributed by atoms with Crippen LogP contribution in [0, 0.1) is 12.3 Å². The standard InChI is InChI=1S/C7H10N4O2/c1-4-3-5(6(8)11-12)10-7(9-4)13-2/h3,12H,1-2H3,(H2,8,11). The van der Waals surface area contributed by atoms with Gasteiger partial charge in [0, 0.05) is 5.69 Å². The number of hydrogen-bond acceptors (Lipinski definition) is 5. The number of nitrogens with zero attached hydrogens (tertiary/aromatic N) is 2. The topological polar surface area (TPSA) is 91.1 Å². The highest BCUT2D eigenvalue weighted by atomic mass is 16.5. The molecule has 0 amide bonds. The van der Waals surface area contributed by atoms with Crippen LogP contribution >= 0.6 is 0 Å². The highest BCUT2D eigenvalue weighted by molar-refractivity contribution is 5.93. The van der Waals surface area contributed by atoms with Crippen LogP contribution in [-0.4, -0.2) is 28.1 Å². The molecule has 6 nitrogen and oxygen atoms in total. The van der Waals surface area contributed by atoms with Crippen molar-refractivity contribution in [1.82, 2.24) is 15.4 Å². The molecule has 1 heterocycles. The number of nitrogens with one attached hydrogen (secondary N) is 2. The molecular formula is C7H10N4O2. The Bertz CT molecular complexity index is 326. The van der Waals surface area contributed by atoms with Crippen LogP contribution in [0.5, 0.6) is 6.01 Å². The summed E-state index contributed by atoms with van der Waals surface area (Å²) in [7, 11) is 1.44. The van der Waals surface area contributed by atoms with Gasteiger partial charge in [-0.1, -0.05) is 0 Å². The molecule has 0 saturated carbocycles. The van der Waals surface area contributed by atoms with E-state index in [1.54, 1.807) is 18.5 Å². The third-order valence-corrected chi connectivity index (χ3v) is 1.38. The van der Waals surface area contributed by atoms with Crippen LogP contribution in [0.1, 0.15) is 11.4 Å². The van der Waals surface area contributed by atoms with Crippen LogP contribution in [0.25, 0.3) is 0 Å². The Morgan fingerprint density at radius 2 is 2.31 bits per heavy atom. The minimum atomic E-state index is -0.191. The third kappa shape index (κ3) is 2.12. The summed E-state index contributed by atoms with van der Waals surface area (Å²) in [6, 6.07) is 1.74. The molecule has 0 spiro atoms. The van der Waals surface area contributed by atoms with Crippen LogP contribution in [0.2, 0.25) is 0 Å². The van der Waals surface area contributed by atoms with Crippen LogP contribution in [0.3, 0.4) is 0 Å². The summed E-state index contributed by atoms with van der Waals surface area (Å²) in [4.78, 5) is 7.77. The summed E-state index contributed by atoms with van der Waals surface area (Å²) in [6.45, 7) is 1.75. The van der Waals surface area contributed by atoms with Gasteiger partial charge in [-0.2, -0.15) is 4.98 Å². The first kappa shape index (κ1) is 9.40. The molecule has 1 aromatic heterocycles. The number of aryl methyl sites for hydroxylation is 1. The van der Waals surface area contributed by atoms with Crippen molar-refractivity contribution in [2.75, 3.05) is 7.11 Å². The summed E-state index contributed by atoms with van der Waals surface area (Å²) in [5.41, 5.74) is 2.65. The maximum Gasteiger partial charge on any atom is 0.316 e. The van der Waals surface area contributed by atoms with Gasteiger partial charge in [0.05, 0.1) is 7.11 Å². The van der Waals surface area contributed by atoms with E-state index in [2.05, 4.69) is 9.97 Å². The largest absolute Gasteiger partial charge is 0.467 e. The Morgan fingerprint density at radius 1 is 1.62 bits per heavy atom. The van der Waals surface area contributed by atoms with Crippen LogP contribution in [0.15, 0.2) is 6.07 Å². The van der Waals surface area contributed by atoms with Gasteiger partial charge in [-0.15, -0.1) is 0 Å². The van der Waals surface area contributed by atoms with Crippen molar-refractivity contribution < 1.29 is 9.94 Å². The van der Waals surface area contributed by atoms with Crippen molar-refractivity contribution in [2.24, 2.45) is 0 Å². The number of hydroxylamine groups is 1. The smallest absolute Gasteiger partial charge is 0.316 e. The van der Waals surface area contributed by atoms with E-state index in [4.69, 9.17) is 15.4 Å². The van der Waals surface area contributed by atoms with Crippen LogP contribution in [0.4, 0.5) is 0 Å². The molecule has 0 unspecified atom stereocenters. The predicted octanol–water partition coefficient (Wildman–Crippen LogP) is 0.0978. The lowest BCUT2D eigenvalue weighted by molar-refractivity contribution is 0.233. The third-order valence-electron chi connectivity index (χ3n) is 1.38. The fraction of sp³-hybridized carbons (Fsp3) is 0.286. The van der Waals surface area contributed by atoms with E-state index >= 15 is 0 Å². The lowest BCUT2D eigenvalue weighted by Crippen LogP contribution is -2.20. The van der Waals surface area contributed by atoms with Gasteiger partial charge in [-0.25, -0.2) is 4.98 Å². The van der Waals surface area contributed by atoms with Gasteiger partial charge >= 0.3 is 6.01 Å². The van der Waals surface area contributed by atoms with E-state index in [1.165, 1.54) is 7.11 Å². The van der Waals surface area contributed by atoms with Crippen molar-refractivity contribution >= 4 is 5.84 Å². The second-order valence-corrected chi connectivity index (χ2v) is 2.37. The fourth-order valence-corrected chi connectivity index (χ4v) is 0.818. The molecule has 13 heavy (non-hydrogen) atoms. The van der Waals surface area contributed by atoms with Gasteiger partial charge in [0.25, 0.3) is 0 Å². The number of aromatic nitrogens is 2. The maximum absolute atomic E-state index is 8.47. The molecule has 70 valence electrons. The molecule has 3 N–H and O–H groups in total. The monoisotopic (exact) mass is 182 g/mol. The molecule has 0 aliphatic carbocycles. The van der Waals surface area contributed by atoms with Gasteiger partial charge in [-0.05, 0) is 13.0 Å². The normalized spacial score (nSPS) is 9.46.